The summed E-state index contributed by atoms with van der Waals surface area (Å²) in [6.45, 7) is 3.28. The Kier molecular flexibility index (Phi) is 7.58. The average molecular weight is 462 g/mol. The molecular formula is C28H31NO5. The minimum Gasteiger partial charge on any atom is -0.493 e. The highest BCUT2D eigenvalue weighted by Crippen LogP contribution is 2.38. The van der Waals surface area contributed by atoms with Crippen molar-refractivity contribution in [3.8, 4) is 23.0 Å². The molecule has 3 aromatic carbocycles. The van der Waals surface area contributed by atoms with Crippen molar-refractivity contribution in [2.45, 2.75) is 32.2 Å². The normalized spacial score (nSPS) is 12.8. The van der Waals surface area contributed by atoms with Crippen LogP contribution in [0.1, 0.15) is 42.4 Å². The van der Waals surface area contributed by atoms with Gasteiger partial charge < -0.3 is 23.8 Å². The first kappa shape index (κ1) is 23.5. The molecule has 0 aromatic heterocycles. The van der Waals surface area contributed by atoms with E-state index in [1.54, 1.807) is 14.2 Å². The molecule has 1 aliphatic rings. The lowest BCUT2D eigenvalue weighted by atomic mass is 9.88. The van der Waals surface area contributed by atoms with Gasteiger partial charge in [-0.15, -0.1) is 0 Å². The van der Waals surface area contributed by atoms with Crippen molar-refractivity contribution < 1.29 is 23.7 Å². The topological polar surface area (TPSA) is 57.2 Å². The molecule has 0 bridgehead atoms. The van der Waals surface area contributed by atoms with Gasteiger partial charge >= 0.3 is 0 Å². The molecular weight excluding hydrogens is 430 g/mol. The molecule has 3 aromatic rings. The fourth-order valence-corrected chi connectivity index (χ4v) is 4.34. The zero-order chi connectivity index (χ0) is 23.9. The highest BCUT2D eigenvalue weighted by atomic mass is 16.7. The number of ether oxygens (including phenoxy) is 4. The smallest absolute Gasteiger partial charge is 0.231 e. The predicted molar refractivity (Wildman–Crippen MR) is 131 cm³/mol. The Morgan fingerprint density at radius 1 is 0.912 bits per heavy atom. The Morgan fingerprint density at radius 3 is 2.41 bits per heavy atom. The summed E-state index contributed by atoms with van der Waals surface area (Å²) in [5, 5.41) is 0. The standard InChI is InChI=1S/C28H31NO5/c1-4-28(30)29(18-20-10-12-24(31-2)26(16-20)32-3)15-14-23(21-8-6-5-7-9-21)22-11-13-25-27(17-22)34-19-33-25/h5-13,16-17,23H,4,14-15,18-19H2,1-3H3/t23-/m0/s1. The molecule has 0 fully saturated rings. The molecule has 1 heterocycles. The lowest BCUT2D eigenvalue weighted by molar-refractivity contribution is -0.131. The molecule has 34 heavy (non-hydrogen) atoms. The van der Waals surface area contributed by atoms with Crippen LogP contribution in [0.2, 0.25) is 0 Å². The molecule has 1 atom stereocenters. The Labute approximate surface area is 201 Å². The number of hydrogen-bond acceptors (Lipinski definition) is 5. The molecule has 0 saturated carbocycles. The van der Waals surface area contributed by atoms with E-state index in [0.717, 1.165) is 29.0 Å². The molecule has 6 heteroatoms. The zero-order valence-corrected chi connectivity index (χ0v) is 20.0. The van der Waals surface area contributed by atoms with E-state index in [4.69, 9.17) is 18.9 Å². The van der Waals surface area contributed by atoms with E-state index in [2.05, 4.69) is 24.3 Å². The molecule has 0 aliphatic carbocycles. The zero-order valence-electron chi connectivity index (χ0n) is 20.0. The second kappa shape index (κ2) is 11.0. The number of benzene rings is 3. The third-order valence-corrected chi connectivity index (χ3v) is 6.17. The van der Waals surface area contributed by atoms with Crippen molar-refractivity contribution in [2.24, 2.45) is 0 Å². The van der Waals surface area contributed by atoms with Crippen LogP contribution < -0.4 is 18.9 Å². The summed E-state index contributed by atoms with van der Waals surface area (Å²) in [5.41, 5.74) is 3.35. The highest BCUT2D eigenvalue weighted by molar-refractivity contribution is 5.75. The molecule has 0 N–H and O–H groups in total. The Morgan fingerprint density at radius 2 is 1.68 bits per heavy atom. The van der Waals surface area contributed by atoms with Gasteiger partial charge in [0.25, 0.3) is 0 Å². The molecule has 4 rings (SSSR count). The van der Waals surface area contributed by atoms with Crippen molar-refractivity contribution in [3.63, 3.8) is 0 Å². The van der Waals surface area contributed by atoms with E-state index in [1.165, 1.54) is 5.56 Å². The first-order valence-electron chi connectivity index (χ1n) is 11.6. The van der Waals surface area contributed by atoms with E-state index in [9.17, 15) is 4.79 Å². The third kappa shape index (κ3) is 5.28. The summed E-state index contributed by atoms with van der Waals surface area (Å²) < 4.78 is 21.9. The van der Waals surface area contributed by atoms with Gasteiger partial charge in [-0.25, -0.2) is 0 Å². The van der Waals surface area contributed by atoms with Crippen LogP contribution in [0.3, 0.4) is 0 Å². The number of carbonyl (C=O) groups excluding carboxylic acids is 1. The maximum atomic E-state index is 12.9. The fourth-order valence-electron chi connectivity index (χ4n) is 4.34. The summed E-state index contributed by atoms with van der Waals surface area (Å²) in [7, 11) is 3.23. The van der Waals surface area contributed by atoms with Gasteiger partial charge in [0.2, 0.25) is 12.7 Å². The molecule has 0 saturated heterocycles. The second-order valence-corrected chi connectivity index (χ2v) is 8.22. The van der Waals surface area contributed by atoms with Crippen LogP contribution >= 0.6 is 0 Å². The maximum absolute atomic E-state index is 12.9. The van der Waals surface area contributed by atoms with Crippen molar-refractivity contribution in [2.75, 3.05) is 27.6 Å². The summed E-state index contributed by atoms with van der Waals surface area (Å²) >= 11 is 0. The van der Waals surface area contributed by atoms with Gasteiger partial charge in [-0.1, -0.05) is 49.4 Å². The van der Waals surface area contributed by atoms with E-state index in [1.807, 2.05) is 54.3 Å². The monoisotopic (exact) mass is 461 g/mol. The maximum Gasteiger partial charge on any atom is 0.231 e. The van der Waals surface area contributed by atoms with Crippen LogP contribution in [0.5, 0.6) is 23.0 Å². The second-order valence-electron chi connectivity index (χ2n) is 8.22. The van der Waals surface area contributed by atoms with Crippen molar-refractivity contribution in [1.82, 2.24) is 4.90 Å². The molecule has 1 amide bonds. The van der Waals surface area contributed by atoms with Gasteiger partial charge in [0, 0.05) is 25.4 Å². The SMILES string of the molecule is CCC(=O)N(CC[C@@H](c1ccccc1)c1ccc2c(c1)OCO2)Cc1ccc(OC)c(OC)c1. The molecule has 6 nitrogen and oxygen atoms in total. The molecule has 1 aliphatic heterocycles. The summed E-state index contributed by atoms with van der Waals surface area (Å²) in [5.74, 6) is 3.11. The summed E-state index contributed by atoms with van der Waals surface area (Å²) in [6.07, 6.45) is 1.23. The molecule has 0 spiro atoms. The van der Waals surface area contributed by atoms with Crippen LogP contribution in [-0.4, -0.2) is 38.4 Å². The van der Waals surface area contributed by atoms with Crippen LogP contribution in [0.15, 0.2) is 66.7 Å². The van der Waals surface area contributed by atoms with Crippen LogP contribution in [-0.2, 0) is 11.3 Å². The van der Waals surface area contributed by atoms with Gasteiger partial charge in [0.1, 0.15) is 0 Å². The number of rotatable bonds is 10. The van der Waals surface area contributed by atoms with Gasteiger partial charge in [-0.3, -0.25) is 4.79 Å². The van der Waals surface area contributed by atoms with E-state index < -0.39 is 0 Å². The first-order valence-corrected chi connectivity index (χ1v) is 11.6. The van der Waals surface area contributed by atoms with Crippen LogP contribution in [0, 0.1) is 0 Å². The predicted octanol–water partition coefficient (Wildman–Crippen LogP) is 5.39. The summed E-state index contributed by atoms with van der Waals surface area (Å²) in [4.78, 5) is 14.8. The van der Waals surface area contributed by atoms with Gasteiger partial charge in [-0.2, -0.15) is 0 Å². The summed E-state index contributed by atoms with van der Waals surface area (Å²) in [6, 6.07) is 22.3. The molecule has 0 radical (unpaired) electrons. The number of carbonyl (C=O) groups is 1. The van der Waals surface area contributed by atoms with Gasteiger partial charge in [-0.05, 0) is 47.4 Å². The van der Waals surface area contributed by atoms with Gasteiger partial charge in [0.05, 0.1) is 14.2 Å². The molecule has 178 valence electrons. The van der Waals surface area contributed by atoms with Crippen molar-refractivity contribution in [3.05, 3.63) is 83.4 Å². The minimum atomic E-state index is 0.118. The number of nitrogens with zero attached hydrogens (tertiary/aromatic N) is 1. The number of methoxy groups -OCH3 is 2. The third-order valence-electron chi connectivity index (χ3n) is 6.17. The fraction of sp³-hybridized carbons (Fsp3) is 0.321. The largest absolute Gasteiger partial charge is 0.493 e. The quantitative estimate of drug-likeness (QED) is 0.405. The van der Waals surface area contributed by atoms with Crippen LogP contribution in [0.25, 0.3) is 0 Å². The van der Waals surface area contributed by atoms with E-state index >= 15 is 0 Å². The Hall–Kier alpha value is -3.67. The van der Waals surface area contributed by atoms with Crippen molar-refractivity contribution in [1.29, 1.82) is 0 Å². The highest BCUT2D eigenvalue weighted by Gasteiger charge is 2.22. The average Bonchev–Trinajstić information content (AvgIpc) is 3.36. The lowest BCUT2D eigenvalue weighted by Crippen LogP contribution is -2.31. The Bertz CT molecular complexity index is 1120. The Balaban J connectivity index is 1.57. The minimum absolute atomic E-state index is 0.118. The van der Waals surface area contributed by atoms with Crippen molar-refractivity contribution >= 4 is 5.91 Å². The number of hydrogen-bond donors (Lipinski definition) is 0. The van der Waals surface area contributed by atoms with Gasteiger partial charge in [0.15, 0.2) is 23.0 Å². The van der Waals surface area contributed by atoms with E-state index in [0.29, 0.717) is 31.0 Å². The number of fused-ring (bicyclic) bond motifs is 1. The lowest BCUT2D eigenvalue weighted by Gasteiger charge is -2.26. The molecule has 0 unspecified atom stereocenters. The first-order chi connectivity index (χ1) is 16.6. The van der Waals surface area contributed by atoms with Crippen LogP contribution in [0.4, 0.5) is 0 Å². The number of amides is 1. The van der Waals surface area contributed by atoms with E-state index in [-0.39, 0.29) is 18.6 Å².